The maximum Gasteiger partial charge on any atom is 0.305 e. The second kappa shape index (κ2) is 7.62. The lowest BCUT2D eigenvalue weighted by atomic mass is 10.1. The summed E-state index contributed by atoms with van der Waals surface area (Å²) in [4.78, 5) is 22.3. The van der Waals surface area contributed by atoms with Gasteiger partial charge in [0.25, 0.3) is 38.5 Å². The van der Waals surface area contributed by atoms with Crippen molar-refractivity contribution in [1.82, 2.24) is 15.1 Å². The van der Waals surface area contributed by atoms with E-state index in [1.54, 1.807) is 12.1 Å². The van der Waals surface area contributed by atoms with Crippen molar-refractivity contribution in [2.24, 2.45) is 0 Å². The van der Waals surface area contributed by atoms with Crippen LogP contribution in [0, 0.1) is 0 Å². The van der Waals surface area contributed by atoms with Crippen molar-refractivity contribution in [3.05, 3.63) is 41.5 Å². The minimum Gasteiger partial charge on any atom is -0.481 e. The predicted octanol–water partition coefficient (Wildman–Crippen LogP) is -2.35. The lowest BCUT2D eigenvalue weighted by Gasteiger charge is -2.07. The highest BCUT2D eigenvalue weighted by molar-refractivity contribution is 6.36. The van der Waals surface area contributed by atoms with Crippen molar-refractivity contribution in [1.29, 1.82) is 0 Å². The van der Waals surface area contributed by atoms with Gasteiger partial charge in [0, 0.05) is 12.1 Å². The molecule has 0 atom stereocenters. The number of rotatable bonds is 6. The molecule has 0 aliphatic heterocycles. The molecule has 6 nitrogen and oxygen atoms in total. The molecule has 0 saturated carbocycles. The molecule has 22 heavy (non-hydrogen) atoms. The van der Waals surface area contributed by atoms with Crippen LogP contribution in [-0.2, 0) is 11.3 Å². The number of carbonyl (C=O) groups is 2. The van der Waals surface area contributed by atoms with Gasteiger partial charge in [0.05, 0.1) is 13.0 Å². The zero-order chi connectivity index (χ0) is 16.1. The maximum atomic E-state index is 11.8. The van der Waals surface area contributed by atoms with Gasteiger partial charge in [-0.25, -0.2) is 0 Å². The van der Waals surface area contributed by atoms with E-state index in [0.29, 0.717) is 12.1 Å². The van der Waals surface area contributed by atoms with Gasteiger partial charge in [-0.05, 0) is 26.8 Å². The Morgan fingerprint density at radius 3 is 2.45 bits per heavy atom. The van der Waals surface area contributed by atoms with Crippen LogP contribution in [0.1, 0.15) is 22.3 Å². The minimum atomic E-state index is -0.924. The summed E-state index contributed by atoms with van der Waals surface area (Å²) in [7, 11) is 0. The molecular weight excluding hydrogens is 312 g/mol. The zero-order valence-electron chi connectivity index (χ0n) is 12.7. The number of carbonyl (C=O) groups excluding carboxylic acids is 1. The van der Waals surface area contributed by atoms with Gasteiger partial charge in [-0.1, -0.05) is 18.2 Å². The quantitative estimate of drug-likeness (QED) is 0.582. The van der Waals surface area contributed by atoms with E-state index in [-0.39, 0.29) is 18.9 Å². The molecule has 1 aromatic heterocycles. The Bertz CT molecular complexity index is 683. The van der Waals surface area contributed by atoms with Crippen LogP contribution in [0.2, 0.25) is 0 Å². The first kappa shape index (κ1) is 16.8. The average Bonchev–Trinajstić information content (AvgIpc) is 2.77. The number of benzene rings is 1. The zero-order valence-corrected chi connectivity index (χ0v) is 16.7. The monoisotopic (exact) mass is 329 g/mol. The van der Waals surface area contributed by atoms with Gasteiger partial charge in [-0.3, -0.25) is 14.3 Å². The molecule has 0 saturated heterocycles. The number of amides is 1. The number of nitrogens with one attached hydrogen (secondary N) is 1. The number of hydrogen-bond donors (Lipinski definition) is 2. The first-order valence-corrected chi connectivity index (χ1v) is 9.05. The SMILES string of the molecule is O=C(O)CCNC(=O)c1ccc(Cn2n[c]([AlH2])c[c]2[AlH2])cc1. The number of nitrogens with zero attached hydrogens (tertiary/aromatic N) is 2. The molecule has 0 aliphatic carbocycles. The molecule has 112 valence electrons. The van der Waals surface area contributed by atoms with Crippen molar-refractivity contribution in [2.75, 3.05) is 6.54 Å². The van der Waals surface area contributed by atoms with Crippen LogP contribution < -0.4 is 14.4 Å². The van der Waals surface area contributed by atoms with Gasteiger partial charge in [0.2, 0.25) is 0 Å². The van der Waals surface area contributed by atoms with E-state index < -0.39 is 5.97 Å². The summed E-state index contributed by atoms with van der Waals surface area (Å²) in [6.07, 6.45) is -0.0745. The number of carboxylic acid groups (broad SMARTS) is 1. The lowest BCUT2D eigenvalue weighted by Crippen LogP contribution is -2.26. The topological polar surface area (TPSA) is 84.2 Å². The Morgan fingerprint density at radius 2 is 1.91 bits per heavy atom. The molecule has 2 rings (SSSR count). The average molecular weight is 329 g/mol. The highest BCUT2D eigenvalue weighted by Crippen LogP contribution is 2.05. The fourth-order valence-corrected chi connectivity index (χ4v) is 4.07. The normalized spacial score (nSPS) is 10.4. The molecule has 2 N–H and O–H groups in total. The third-order valence-electron chi connectivity index (χ3n) is 3.28. The van der Waals surface area contributed by atoms with Gasteiger partial charge in [-0.2, -0.15) is 5.10 Å². The predicted molar refractivity (Wildman–Crippen MR) is 88.7 cm³/mol. The molecule has 2 aromatic rings. The van der Waals surface area contributed by atoms with Crippen LogP contribution in [0.25, 0.3) is 0 Å². The highest BCUT2D eigenvalue weighted by atomic mass is 27.1. The molecule has 0 spiro atoms. The molecule has 0 unspecified atom stereocenters. The Labute approximate surface area is 144 Å². The van der Waals surface area contributed by atoms with Crippen LogP contribution >= 0.6 is 0 Å². The highest BCUT2D eigenvalue weighted by Gasteiger charge is 2.07. The lowest BCUT2D eigenvalue weighted by molar-refractivity contribution is -0.136. The number of carboxylic acids is 1. The fraction of sp³-hybridized carbons (Fsp3) is 0.214. The van der Waals surface area contributed by atoms with Crippen molar-refractivity contribution < 1.29 is 14.7 Å². The summed E-state index contributed by atoms with van der Waals surface area (Å²) in [5.41, 5.74) is 1.62. The van der Waals surface area contributed by atoms with Crippen LogP contribution in [-0.4, -0.2) is 65.9 Å². The van der Waals surface area contributed by atoms with E-state index >= 15 is 0 Å². The van der Waals surface area contributed by atoms with Gasteiger partial charge in [-0.15, -0.1) is 0 Å². The van der Waals surface area contributed by atoms with E-state index in [9.17, 15) is 9.59 Å². The Morgan fingerprint density at radius 1 is 1.23 bits per heavy atom. The van der Waals surface area contributed by atoms with Gasteiger partial charge < -0.3 is 10.4 Å². The first-order valence-electron chi connectivity index (χ1n) is 7.05. The summed E-state index contributed by atoms with van der Waals surface area (Å²) < 4.78 is 4.43. The molecule has 0 bridgehead atoms. The van der Waals surface area contributed by atoms with E-state index in [1.165, 1.54) is 4.56 Å². The van der Waals surface area contributed by atoms with Crippen LogP contribution in [0.3, 0.4) is 0 Å². The van der Waals surface area contributed by atoms with Crippen molar-refractivity contribution in [2.45, 2.75) is 13.0 Å². The Kier molecular flexibility index (Phi) is 5.82. The molecule has 8 heteroatoms. The van der Waals surface area contributed by atoms with E-state index in [4.69, 9.17) is 5.11 Å². The fourth-order valence-electron chi connectivity index (χ4n) is 2.15. The standard InChI is InChI=1S/C14H13N3O3.2Al.4H/c18-13(19)6-8-15-14(20)12-4-2-11(3-5-12)10-17-9-1-7-16-17;;;;;;/h1-5H,6,8,10H2,(H,15,20)(H,18,19);;;;;;. The van der Waals surface area contributed by atoms with E-state index in [1.807, 2.05) is 16.8 Å². The van der Waals surface area contributed by atoms with Crippen molar-refractivity contribution in [3.63, 3.8) is 0 Å². The third kappa shape index (κ3) is 4.73. The van der Waals surface area contributed by atoms with Gasteiger partial charge in [0.1, 0.15) is 0 Å². The molecule has 0 fully saturated rings. The molecule has 0 radical (unpaired) electrons. The van der Waals surface area contributed by atoms with Gasteiger partial charge in [0.15, 0.2) is 0 Å². The Balaban J connectivity index is 1.96. The minimum absolute atomic E-state index is 0.0745. The van der Waals surface area contributed by atoms with Gasteiger partial charge >= 0.3 is 5.97 Å². The Hall–Kier alpha value is -1.57. The van der Waals surface area contributed by atoms with E-state index in [0.717, 1.165) is 42.7 Å². The second-order valence-corrected chi connectivity index (χ2v) is 7.23. The molecule has 1 aromatic carbocycles. The van der Waals surface area contributed by atoms with Crippen LogP contribution in [0.5, 0.6) is 0 Å². The largest absolute Gasteiger partial charge is 0.481 e. The molecule has 1 heterocycles. The third-order valence-corrected chi connectivity index (χ3v) is 4.57. The summed E-state index contributed by atoms with van der Waals surface area (Å²) >= 11 is 1.91. The molecule has 0 aliphatic rings. The van der Waals surface area contributed by atoms with Crippen molar-refractivity contribution >= 4 is 53.6 Å². The number of aromatic nitrogens is 2. The van der Waals surface area contributed by atoms with Crippen molar-refractivity contribution in [3.8, 4) is 0 Å². The second-order valence-electron chi connectivity index (χ2n) is 5.18. The summed E-state index contributed by atoms with van der Waals surface area (Å²) in [6.45, 7) is 0.845. The first-order chi connectivity index (χ1) is 10.5. The molecular formula is C14H17Al2N3O3. The smallest absolute Gasteiger partial charge is 0.305 e. The maximum absolute atomic E-state index is 11.8. The molecule has 1 amide bonds. The van der Waals surface area contributed by atoms with Crippen LogP contribution in [0.4, 0.5) is 0 Å². The number of aliphatic carboxylic acids is 1. The van der Waals surface area contributed by atoms with Crippen LogP contribution in [0.15, 0.2) is 30.3 Å². The van der Waals surface area contributed by atoms with E-state index in [2.05, 4.69) is 16.5 Å². The summed E-state index contributed by atoms with van der Waals surface area (Å²) in [5.74, 6) is -1.18. The summed E-state index contributed by atoms with van der Waals surface area (Å²) in [5, 5.41) is 15.6. The number of hydrogen-bond acceptors (Lipinski definition) is 3. The summed E-state index contributed by atoms with van der Waals surface area (Å²) in [6, 6.07) is 9.46.